The molecule has 0 radical (unpaired) electrons. The molecule has 5 nitrogen and oxygen atoms in total. The van der Waals surface area contributed by atoms with Gasteiger partial charge in [-0.05, 0) is 43.2 Å². The maximum Gasteiger partial charge on any atom is 0.277 e. The molecule has 1 aromatic heterocycles. The Morgan fingerprint density at radius 1 is 0.906 bits per heavy atom. The fraction of sp³-hybridized carbons (Fsp3) is 0.269. The average molecular weight is 432 g/mol. The lowest BCUT2D eigenvalue weighted by Crippen LogP contribution is -2.47. The molecule has 1 aliphatic rings. The highest BCUT2D eigenvalue weighted by atomic mass is 19.1. The van der Waals surface area contributed by atoms with E-state index in [1.54, 1.807) is 60.7 Å². The van der Waals surface area contributed by atoms with Crippen molar-refractivity contribution < 1.29 is 14.0 Å². The fourth-order valence-electron chi connectivity index (χ4n) is 4.21. The SMILES string of the molecule is O=C(NC1CCCCC1)[C@H](c1ccccc1F)N(C(=O)c1ccccn1)c1ccccc1. The molecular formula is C26H26FN3O2. The summed E-state index contributed by atoms with van der Waals surface area (Å²) in [5.74, 6) is -1.40. The van der Waals surface area contributed by atoms with E-state index in [2.05, 4.69) is 10.3 Å². The van der Waals surface area contributed by atoms with Crippen molar-refractivity contribution in [2.24, 2.45) is 0 Å². The zero-order chi connectivity index (χ0) is 22.3. The number of carbonyl (C=O) groups is 2. The van der Waals surface area contributed by atoms with E-state index < -0.39 is 23.7 Å². The van der Waals surface area contributed by atoms with Crippen LogP contribution in [0.2, 0.25) is 0 Å². The largest absolute Gasteiger partial charge is 0.351 e. The fourth-order valence-corrected chi connectivity index (χ4v) is 4.21. The summed E-state index contributed by atoms with van der Waals surface area (Å²) in [6, 6.07) is 18.9. The second-order valence-electron chi connectivity index (χ2n) is 7.99. The number of hydrogen-bond donors (Lipinski definition) is 1. The Bertz CT molecular complexity index is 1050. The Kier molecular flexibility index (Phi) is 6.90. The zero-order valence-corrected chi connectivity index (χ0v) is 17.8. The second kappa shape index (κ2) is 10.2. The molecule has 1 atom stereocenters. The first kappa shape index (κ1) is 21.7. The Morgan fingerprint density at radius 2 is 1.59 bits per heavy atom. The lowest BCUT2D eigenvalue weighted by atomic mass is 9.94. The lowest BCUT2D eigenvalue weighted by molar-refractivity contribution is -0.123. The van der Waals surface area contributed by atoms with E-state index in [1.807, 2.05) is 6.07 Å². The third-order valence-electron chi connectivity index (χ3n) is 5.80. The number of rotatable bonds is 6. The van der Waals surface area contributed by atoms with Gasteiger partial charge in [-0.15, -0.1) is 0 Å². The minimum Gasteiger partial charge on any atom is -0.351 e. The normalized spacial score (nSPS) is 15.0. The number of nitrogens with one attached hydrogen (secondary N) is 1. The molecule has 0 unspecified atom stereocenters. The minimum absolute atomic E-state index is 0.0214. The van der Waals surface area contributed by atoms with Gasteiger partial charge < -0.3 is 5.32 Å². The number of pyridine rings is 1. The summed E-state index contributed by atoms with van der Waals surface area (Å²) in [6.07, 6.45) is 6.54. The van der Waals surface area contributed by atoms with Crippen molar-refractivity contribution in [2.45, 2.75) is 44.2 Å². The van der Waals surface area contributed by atoms with Gasteiger partial charge in [-0.3, -0.25) is 19.5 Å². The summed E-state index contributed by atoms with van der Waals surface area (Å²) in [6.45, 7) is 0. The first-order chi connectivity index (χ1) is 15.6. The Balaban J connectivity index is 1.80. The van der Waals surface area contributed by atoms with Crippen LogP contribution < -0.4 is 10.2 Å². The van der Waals surface area contributed by atoms with Crippen LogP contribution in [0.25, 0.3) is 0 Å². The maximum absolute atomic E-state index is 15.0. The molecule has 1 fully saturated rings. The number of benzene rings is 2. The first-order valence-electron chi connectivity index (χ1n) is 11.0. The van der Waals surface area contributed by atoms with Gasteiger partial charge in [0.25, 0.3) is 5.91 Å². The molecule has 2 aromatic carbocycles. The molecule has 6 heteroatoms. The van der Waals surface area contributed by atoms with E-state index in [1.165, 1.54) is 17.2 Å². The smallest absolute Gasteiger partial charge is 0.277 e. The summed E-state index contributed by atoms with van der Waals surface area (Å²) in [7, 11) is 0. The van der Waals surface area contributed by atoms with Gasteiger partial charge in [-0.25, -0.2) is 4.39 Å². The van der Waals surface area contributed by atoms with E-state index >= 15 is 0 Å². The van der Waals surface area contributed by atoms with E-state index in [0.29, 0.717) is 5.69 Å². The number of nitrogens with zero attached hydrogens (tertiary/aromatic N) is 2. The van der Waals surface area contributed by atoms with Crippen LogP contribution in [0.1, 0.15) is 54.2 Å². The summed E-state index contributed by atoms with van der Waals surface area (Å²) in [5.41, 5.74) is 0.826. The van der Waals surface area contributed by atoms with Crippen molar-refractivity contribution in [2.75, 3.05) is 4.90 Å². The van der Waals surface area contributed by atoms with Crippen LogP contribution in [0.5, 0.6) is 0 Å². The van der Waals surface area contributed by atoms with Gasteiger partial charge in [0.15, 0.2) is 0 Å². The number of amides is 2. The highest BCUT2D eigenvalue weighted by molar-refractivity contribution is 6.09. The minimum atomic E-state index is -1.17. The molecule has 1 N–H and O–H groups in total. The van der Waals surface area contributed by atoms with Gasteiger partial charge in [0.1, 0.15) is 17.6 Å². The van der Waals surface area contributed by atoms with Crippen molar-refractivity contribution in [3.8, 4) is 0 Å². The van der Waals surface area contributed by atoms with Gasteiger partial charge in [-0.2, -0.15) is 0 Å². The molecule has 0 saturated heterocycles. The Morgan fingerprint density at radius 3 is 2.28 bits per heavy atom. The highest BCUT2D eigenvalue weighted by Gasteiger charge is 2.36. The molecule has 1 saturated carbocycles. The topological polar surface area (TPSA) is 62.3 Å². The number of carbonyl (C=O) groups excluding carboxylic acids is 2. The summed E-state index contributed by atoms with van der Waals surface area (Å²) in [5, 5.41) is 3.08. The number of anilines is 1. The Labute approximate surface area is 187 Å². The molecule has 0 aliphatic heterocycles. The lowest BCUT2D eigenvalue weighted by Gasteiger charge is -2.33. The molecule has 164 valence electrons. The van der Waals surface area contributed by atoms with Gasteiger partial charge in [0.2, 0.25) is 5.91 Å². The van der Waals surface area contributed by atoms with Crippen molar-refractivity contribution in [1.29, 1.82) is 0 Å². The van der Waals surface area contributed by atoms with E-state index in [-0.39, 0.29) is 17.3 Å². The molecular weight excluding hydrogens is 405 g/mol. The van der Waals surface area contributed by atoms with Crippen LogP contribution in [0.15, 0.2) is 79.0 Å². The molecule has 0 bridgehead atoms. The Hall–Kier alpha value is -3.54. The molecule has 3 aromatic rings. The predicted molar refractivity (Wildman–Crippen MR) is 122 cm³/mol. The second-order valence-corrected chi connectivity index (χ2v) is 7.99. The van der Waals surface area contributed by atoms with Crippen LogP contribution in [0.3, 0.4) is 0 Å². The monoisotopic (exact) mass is 431 g/mol. The number of halogens is 1. The number of aromatic nitrogens is 1. The van der Waals surface area contributed by atoms with Crippen LogP contribution in [0, 0.1) is 5.82 Å². The van der Waals surface area contributed by atoms with E-state index in [9.17, 15) is 14.0 Å². The van der Waals surface area contributed by atoms with Gasteiger partial charge >= 0.3 is 0 Å². The number of para-hydroxylation sites is 1. The van der Waals surface area contributed by atoms with Crippen LogP contribution in [0.4, 0.5) is 10.1 Å². The molecule has 1 heterocycles. The average Bonchev–Trinajstić information content (AvgIpc) is 2.84. The highest BCUT2D eigenvalue weighted by Crippen LogP contribution is 2.31. The molecule has 2 amide bonds. The molecule has 4 rings (SSSR count). The summed E-state index contributed by atoms with van der Waals surface area (Å²) in [4.78, 5) is 32.8. The molecule has 0 spiro atoms. The third-order valence-corrected chi connectivity index (χ3v) is 5.80. The van der Waals surface area contributed by atoms with Gasteiger partial charge in [-0.1, -0.05) is 61.7 Å². The maximum atomic E-state index is 15.0. The van der Waals surface area contributed by atoms with Crippen molar-refractivity contribution >= 4 is 17.5 Å². The van der Waals surface area contributed by atoms with E-state index in [4.69, 9.17) is 0 Å². The van der Waals surface area contributed by atoms with E-state index in [0.717, 1.165) is 32.1 Å². The first-order valence-corrected chi connectivity index (χ1v) is 11.0. The van der Waals surface area contributed by atoms with Crippen molar-refractivity contribution in [1.82, 2.24) is 10.3 Å². The quantitative estimate of drug-likeness (QED) is 0.594. The van der Waals surface area contributed by atoms with Crippen LogP contribution in [-0.2, 0) is 4.79 Å². The van der Waals surface area contributed by atoms with Crippen LogP contribution >= 0.6 is 0 Å². The molecule has 1 aliphatic carbocycles. The summed E-state index contributed by atoms with van der Waals surface area (Å²) < 4.78 is 15.0. The zero-order valence-electron chi connectivity index (χ0n) is 17.8. The third kappa shape index (κ3) is 4.85. The predicted octanol–water partition coefficient (Wildman–Crippen LogP) is 5.06. The standard InChI is InChI=1S/C26H26FN3O2/c27-22-16-8-7-15-21(22)24(25(31)29-19-11-3-1-4-12-19)30(20-13-5-2-6-14-20)26(32)23-17-9-10-18-28-23/h2,5-10,13-19,24H,1,3-4,11-12H2,(H,29,31)/t24-/m0/s1. The summed E-state index contributed by atoms with van der Waals surface area (Å²) >= 11 is 0. The van der Waals surface area contributed by atoms with Crippen molar-refractivity contribution in [3.05, 3.63) is 96.1 Å². The molecule has 32 heavy (non-hydrogen) atoms. The van der Waals surface area contributed by atoms with Crippen molar-refractivity contribution in [3.63, 3.8) is 0 Å². The number of hydrogen-bond acceptors (Lipinski definition) is 3. The van der Waals surface area contributed by atoms with Gasteiger partial charge in [0.05, 0.1) is 0 Å². The van der Waals surface area contributed by atoms with Crippen LogP contribution in [-0.4, -0.2) is 22.8 Å². The van der Waals surface area contributed by atoms with Gasteiger partial charge in [0, 0.05) is 23.5 Å².